The highest BCUT2D eigenvalue weighted by molar-refractivity contribution is 5.93. The summed E-state index contributed by atoms with van der Waals surface area (Å²) in [6.07, 6.45) is 3.41. The Labute approximate surface area is 81.6 Å². The second kappa shape index (κ2) is 3.49. The summed E-state index contributed by atoms with van der Waals surface area (Å²) in [4.78, 5) is 15.7. The highest BCUT2D eigenvalue weighted by Gasteiger charge is 2.09. The van der Waals surface area contributed by atoms with Crippen LogP contribution in [0, 0.1) is 0 Å². The molecule has 4 heteroatoms. The van der Waals surface area contributed by atoms with Crippen LogP contribution in [0.4, 0.5) is 0 Å². The van der Waals surface area contributed by atoms with Crippen LogP contribution in [-0.4, -0.2) is 21.8 Å². The van der Waals surface area contributed by atoms with Crippen molar-refractivity contribution in [2.75, 3.05) is 6.54 Å². The van der Waals surface area contributed by atoms with Crippen LogP contribution in [0.15, 0.2) is 30.6 Å². The number of nitrogens with zero attached hydrogens (tertiary/aromatic N) is 2. The molecule has 2 aromatic heterocycles. The van der Waals surface area contributed by atoms with Gasteiger partial charge in [-0.15, -0.1) is 0 Å². The lowest BCUT2D eigenvalue weighted by atomic mass is 10.4. The molecule has 2 rings (SSSR count). The fourth-order valence-electron chi connectivity index (χ4n) is 1.35. The molecular formula is C10H11N3O. The number of carbonyl (C=O) groups excluding carboxylic acids is 1. The number of amides is 1. The van der Waals surface area contributed by atoms with E-state index in [0.717, 1.165) is 5.65 Å². The molecule has 0 aromatic carbocycles. The molecule has 0 fully saturated rings. The lowest BCUT2D eigenvalue weighted by molar-refractivity contribution is 0.0950. The third-order valence-electron chi connectivity index (χ3n) is 1.99. The summed E-state index contributed by atoms with van der Waals surface area (Å²) in [6.45, 7) is 2.51. The lowest BCUT2D eigenvalue weighted by Gasteiger charge is -2.00. The maximum Gasteiger partial charge on any atom is 0.269 e. The Hall–Kier alpha value is -1.84. The molecule has 0 saturated heterocycles. The Bertz CT molecular complexity index is 461. The predicted octanol–water partition coefficient (Wildman–Crippen LogP) is 1.08. The quantitative estimate of drug-likeness (QED) is 0.768. The van der Waals surface area contributed by atoms with Crippen molar-refractivity contribution in [3.8, 4) is 0 Å². The Kier molecular flexibility index (Phi) is 2.18. The van der Waals surface area contributed by atoms with Gasteiger partial charge in [0.25, 0.3) is 5.91 Å². The van der Waals surface area contributed by atoms with Crippen molar-refractivity contribution in [3.05, 3.63) is 36.3 Å². The molecule has 0 aliphatic rings. The van der Waals surface area contributed by atoms with E-state index in [1.54, 1.807) is 10.6 Å². The largest absolute Gasteiger partial charge is 0.351 e. The number of pyridine rings is 1. The van der Waals surface area contributed by atoms with Gasteiger partial charge >= 0.3 is 0 Å². The van der Waals surface area contributed by atoms with Crippen LogP contribution in [0.5, 0.6) is 0 Å². The monoisotopic (exact) mass is 189 g/mol. The Morgan fingerprint density at radius 3 is 3.21 bits per heavy atom. The second-order valence-corrected chi connectivity index (χ2v) is 2.93. The van der Waals surface area contributed by atoms with Crippen LogP contribution >= 0.6 is 0 Å². The van der Waals surface area contributed by atoms with E-state index in [0.29, 0.717) is 12.2 Å². The summed E-state index contributed by atoms with van der Waals surface area (Å²) in [5, 5.41) is 2.74. The third-order valence-corrected chi connectivity index (χ3v) is 1.99. The maximum absolute atomic E-state index is 11.5. The summed E-state index contributed by atoms with van der Waals surface area (Å²) >= 11 is 0. The molecule has 0 bridgehead atoms. The van der Waals surface area contributed by atoms with Crippen LogP contribution in [0.1, 0.15) is 17.4 Å². The molecule has 1 N–H and O–H groups in total. The molecule has 0 saturated carbocycles. The van der Waals surface area contributed by atoms with Crippen molar-refractivity contribution in [1.82, 2.24) is 14.7 Å². The van der Waals surface area contributed by atoms with Crippen LogP contribution < -0.4 is 5.32 Å². The number of hydrogen-bond donors (Lipinski definition) is 1. The number of nitrogens with one attached hydrogen (secondary N) is 1. The molecule has 2 heterocycles. The molecule has 0 aliphatic carbocycles. The predicted molar refractivity (Wildman–Crippen MR) is 53.2 cm³/mol. The van der Waals surface area contributed by atoms with E-state index in [-0.39, 0.29) is 5.91 Å². The summed E-state index contributed by atoms with van der Waals surface area (Å²) in [6, 6.07) is 5.63. The first kappa shape index (κ1) is 8.74. The SMILES string of the molecule is CCNC(=O)c1cnc2ccccn12. The Morgan fingerprint density at radius 2 is 2.43 bits per heavy atom. The molecule has 0 atom stereocenters. The molecule has 4 nitrogen and oxygen atoms in total. The molecule has 1 amide bonds. The van der Waals surface area contributed by atoms with E-state index in [2.05, 4.69) is 10.3 Å². The minimum Gasteiger partial charge on any atom is -0.351 e. The average Bonchev–Trinajstić information content (AvgIpc) is 2.61. The number of fused-ring (bicyclic) bond motifs is 1. The molecule has 2 aromatic rings. The Balaban J connectivity index is 2.47. The topological polar surface area (TPSA) is 46.4 Å². The third kappa shape index (κ3) is 1.35. The van der Waals surface area contributed by atoms with Crippen molar-refractivity contribution < 1.29 is 4.79 Å². The summed E-state index contributed by atoms with van der Waals surface area (Å²) in [5.41, 5.74) is 1.36. The highest BCUT2D eigenvalue weighted by Crippen LogP contribution is 2.05. The number of hydrogen-bond acceptors (Lipinski definition) is 2. The smallest absolute Gasteiger partial charge is 0.269 e. The minimum atomic E-state index is -0.0915. The normalized spacial score (nSPS) is 10.4. The van der Waals surface area contributed by atoms with Crippen LogP contribution in [0.3, 0.4) is 0 Å². The van der Waals surface area contributed by atoms with E-state index in [4.69, 9.17) is 0 Å². The summed E-state index contributed by atoms with van der Waals surface area (Å²) in [7, 11) is 0. The summed E-state index contributed by atoms with van der Waals surface area (Å²) in [5.74, 6) is -0.0915. The van der Waals surface area contributed by atoms with Gasteiger partial charge in [0, 0.05) is 12.7 Å². The molecular weight excluding hydrogens is 178 g/mol. The fourth-order valence-corrected chi connectivity index (χ4v) is 1.35. The number of rotatable bonds is 2. The highest BCUT2D eigenvalue weighted by atomic mass is 16.1. The number of aromatic nitrogens is 2. The first-order valence-electron chi connectivity index (χ1n) is 4.53. The molecule has 14 heavy (non-hydrogen) atoms. The average molecular weight is 189 g/mol. The van der Waals surface area contributed by atoms with Gasteiger partial charge in [0.2, 0.25) is 0 Å². The van der Waals surface area contributed by atoms with Gasteiger partial charge in [0.1, 0.15) is 11.3 Å². The van der Waals surface area contributed by atoms with Crippen LogP contribution in [0.2, 0.25) is 0 Å². The number of imidazole rings is 1. The van der Waals surface area contributed by atoms with Crippen molar-refractivity contribution in [1.29, 1.82) is 0 Å². The van der Waals surface area contributed by atoms with E-state index in [1.165, 1.54) is 0 Å². The summed E-state index contributed by atoms with van der Waals surface area (Å²) < 4.78 is 1.77. The van der Waals surface area contributed by atoms with Gasteiger partial charge < -0.3 is 5.32 Å². The molecule has 72 valence electrons. The van der Waals surface area contributed by atoms with Crippen molar-refractivity contribution in [2.45, 2.75) is 6.92 Å². The fraction of sp³-hybridized carbons (Fsp3) is 0.200. The molecule has 0 spiro atoms. The second-order valence-electron chi connectivity index (χ2n) is 2.93. The Morgan fingerprint density at radius 1 is 1.57 bits per heavy atom. The van der Waals surface area contributed by atoms with Crippen molar-refractivity contribution in [3.63, 3.8) is 0 Å². The van der Waals surface area contributed by atoms with Gasteiger partial charge in [0.05, 0.1) is 6.20 Å². The van der Waals surface area contributed by atoms with E-state index in [1.807, 2.05) is 31.3 Å². The zero-order valence-corrected chi connectivity index (χ0v) is 7.90. The first-order valence-corrected chi connectivity index (χ1v) is 4.53. The molecule has 0 aliphatic heterocycles. The van der Waals surface area contributed by atoms with E-state index in [9.17, 15) is 4.79 Å². The molecule has 0 radical (unpaired) electrons. The molecule has 0 unspecified atom stereocenters. The van der Waals surface area contributed by atoms with Gasteiger partial charge in [-0.3, -0.25) is 9.20 Å². The van der Waals surface area contributed by atoms with Crippen LogP contribution in [-0.2, 0) is 0 Å². The lowest BCUT2D eigenvalue weighted by Crippen LogP contribution is -2.23. The van der Waals surface area contributed by atoms with Gasteiger partial charge in [-0.1, -0.05) is 6.07 Å². The first-order chi connectivity index (χ1) is 6.83. The van der Waals surface area contributed by atoms with Gasteiger partial charge in [0.15, 0.2) is 0 Å². The minimum absolute atomic E-state index is 0.0915. The number of carbonyl (C=O) groups is 1. The van der Waals surface area contributed by atoms with E-state index >= 15 is 0 Å². The standard InChI is InChI=1S/C10H11N3O/c1-2-11-10(14)8-7-12-9-5-3-4-6-13(8)9/h3-7H,2H2,1H3,(H,11,14). The zero-order valence-electron chi connectivity index (χ0n) is 7.90. The van der Waals surface area contributed by atoms with Crippen molar-refractivity contribution in [2.24, 2.45) is 0 Å². The zero-order chi connectivity index (χ0) is 9.97. The van der Waals surface area contributed by atoms with Gasteiger partial charge in [-0.2, -0.15) is 0 Å². The van der Waals surface area contributed by atoms with Crippen molar-refractivity contribution >= 4 is 11.6 Å². The van der Waals surface area contributed by atoms with Gasteiger partial charge in [-0.05, 0) is 19.1 Å². The van der Waals surface area contributed by atoms with Gasteiger partial charge in [-0.25, -0.2) is 4.98 Å². The maximum atomic E-state index is 11.5. The van der Waals surface area contributed by atoms with E-state index < -0.39 is 0 Å². The van der Waals surface area contributed by atoms with Crippen LogP contribution in [0.25, 0.3) is 5.65 Å².